The minimum Gasteiger partial charge on any atom is -0.226 e. The Morgan fingerprint density at radius 2 is 1.85 bits per heavy atom. The van der Waals surface area contributed by atoms with E-state index in [-0.39, 0.29) is 16.5 Å². The molecule has 0 saturated carbocycles. The number of hydrogen-bond acceptors (Lipinski definition) is 3. The second-order valence-electron chi connectivity index (χ2n) is 3.96. The van der Waals surface area contributed by atoms with E-state index >= 15 is 0 Å². The first kappa shape index (κ1) is 12.9. The molecule has 0 amide bonds. The number of halogens is 4. The van der Waals surface area contributed by atoms with Gasteiger partial charge >= 0.3 is 6.18 Å². The van der Waals surface area contributed by atoms with Crippen LogP contribution in [-0.2, 0) is 6.18 Å². The Hall–Kier alpha value is -2.15. The molecule has 0 aliphatic carbocycles. The molecule has 0 bridgehead atoms. The number of fused-ring (bicyclic) bond motifs is 1. The van der Waals surface area contributed by atoms with Gasteiger partial charge in [0.05, 0.1) is 5.52 Å². The van der Waals surface area contributed by atoms with Crippen LogP contribution in [0.2, 0.25) is 5.28 Å². The lowest BCUT2D eigenvalue weighted by molar-refractivity contribution is -0.140. The third kappa shape index (κ3) is 2.09. The molecular formula is C12H6ClF3N4. The van der Waals surface area contributed by atoms with Gasteiger partial charge in [0, 0.05) is 17.6 Å². The molecule has 0 unspecified atom stereocenters. The summed E-state index contributed by atoms with van der Waals surface area (Å²) >= 11 is 5.66. The van der Waals surface area contributed by atoms with Gasteiger partial charge in [0.15, 0.2) is 11.5 Å². The monoisotopic (exact) mass is 298 g/mol. The number of alkyl halides is 3. The fraction of sp³-hybridized carbons (Fsp3) is 0.0833. The minimum absolute atomic E-state index is 0.00901. The zero-order valence-corrected chi connectivity index (χ0v) is 10.5. The average molecular weight is 299 g/mol. The van der Waals surface area contributed by atoms with Crippen molar-refractivity contribution in [2.24, 2.45) is 0 Å². The summed E-state index contributed by atoms with van der Waals surface area (Å²) in [7, 11) is 0. The third-order valence-electron chi connectivity index (χ3n) is 2.68. The molecule has 0 saturated heterocycles. The van der Waals surface area contributed by atoms with Crippen molar-refractivity contribution in [1.82, 2.24) is 19.7 Å². The quantitative estimate of drug-likeness (QED) is 0.646. The Morgan fingerprint density at radius 1 is 1.10 bits per heavy atom. The van der Waals surface area contributed by atoms with E-state index in [1.807, 2.05) is 0 Å². The molecule has 2 heterocycles. The van der Waals surface area contributed by atoms with Gasteiger partial charge in [0.25, 0.3) is 0 Å². The molecule has 0 radical (unpaired) electrons. The highest BCUT2D eigenvalue weighted by atomic mass is 35.5. The largest absolute Gasteiger partial charge is 0.435 e. The molecule has 0 fully saturated rings. The smallest absolute Gasteiger partial charge is 0.226 e. The van der Waals surface area contributed by atoms with Gasteiger partial charge in [-0.1, -0.05) is 18.2 Å². The first-order chi connectivity index (χ1) is 9.47. The predicted octanol–water partition coefficient (Wildman–Crippen LogP) is 3.49. The molecule has 0 atom stereocenters. The highest BCUT2D eigenvalue weighted by Gasteiger charge is 2.37. The lowest BCUT2D eigenvalue weighted by Gasteiger charge is -2.02. The summed E-state index contributed by atoms with van der Waals surface area (Å²) < 4.78 is 40.1. The van der Waals surface area contributed by atoms with Gasteiger partial charge in [0.2, 0.25) is 5.28 Å². The number of nitrogens with zero attached hydrogens (tertiary/aromatic N) is 4. The van der Waals surface area contributed by atoms with Crippen LogP contribution in [0.15, 0.2) is 36.5 Å². The summed E-state index contributed by atoms with van der Waals surface area (Å²) in [6.07, 6.45) is -3.18. The number of benzene rings is 1. The Labute approximate surface area is 115 Å². The zero-order valence-electron chi connectivity index (χ0n) is 9.76. The Bertz CT molecular complexity index is 782. The minimum atomic E-state index is -4.54. The Morgan fingerprint density at radius 3 is 2.55 bits per heavy atom. The molecule has 3 aromatic rings. The van der Waals surface area contributed by atoms with Crippen molar-refractivity contribution in [2.75, 3.05) is 0 Å². The predicted molar refractivity (Wildman–Crippen MR) is 66.7 cm³/mol. The summed E-state index contributed by atoms with van der Waals surface area (Å²) in [5.74, 6) is 0.178. The van der Waals surface area contributed by atoms with Gasteiger partial charge in [-0.05, 0) is 17.7 Å². The highest BCUT2D eigenvalue weighted by molar-refractivity contribution is 6.28. The van der Waals surface area contributed by atoms with Crippen molar-refractivity contribution in [1.29, 1.82) is 0 Å². The maximum Gasteiger partial charge on any atom is 0.435 e. The fourth-order valence-corrected chi connectivity index (χ4v) is 2.04. The first-order valence-corrected chi connectivity index (χ1v) is 5.88. The average Bonchev–Trinajstić information content (AvgIpc) is 2.78. The Balaban J connectivity index is 2.32. The van der Waals surface area contributed by atoms with Crippen molar-refractivity contribution in [3.05, 3.63) is 47.5 Å². The topological polar surface area (TPSA) is 43.6 Å². The van der Waals surface area contributed by atoms with E-state index in [9.17, 15) is 13.2 Å². The normalized spacial score (nSPS) is 12.0. The summed E-state index contributed by atoms with van der Waals surface area (Å²) in [5, 5.41) is 3.56. The number of hydrogen-bond donors (Lipinski definition) is 0. The summed E-state index contributed by atoms with van der Waals surface area (Å²) in [5.41, 5.74) is -0.655. The van der Waals surface area contributed by atoms with Crippen LogP contribution in [0.4, 0.5) is 13.2 Å². The van der Waals surface area contributed by atoms with Gasteiger partial charge in [-0.25, -0.2) is 9.67 Å². The van der Waals surface area contributed by atoms with E-state index in [2.05, 4.69) is 15.1 Å². The molecule has 0 aliphatic rings. The summed E-state index contributed by atoms with van der Waals surface area (Å²) in [6.45, 7) is 0. The van der Waals surface area contributed by atoms with Crippen molar-refractivity contribution in [2.45, 2.75) is 6.18 Å². The maximum absolute atomic E-state index is 13.0. The van der Waals surface area contributed by atoms with E-state index in [0.29, 0.717) is 5.52 Å². The molecule has 4 nitrogen and oxygen atoms in total. The molecule has 1 aromatic carbocycles. The molecule has 3 rings (SSSR count). The van der Waals surface area contributed by atoms with Crippen LogP contribution in [0, 0.1) is 0 Å². The molecule has 0 aliphatic heterocycles. The zero-order chi connectivity index (χ0) is 14.3. The van der Waals surface area contributed by atoms with E-state index < -0.39 is 11.9 Å². The SMILES string of the molecule is FC(F)(F)c1nn(-c2ccnc(Cl)n2)c2ccccc12. The van der Waals surface area contributed by atoms with E-state index in [1.165, 1.54) is 30.5 Å². The number of rotatable bonds is 1. The van der Waals surface area contributed by atoms with Crippen LogP contribution in [0.25, 0.3) is 16.7 Å². The first-order valence-electron chi connectivity index (χ1n) is 5.51. The van der Waals surface area contributed by atoms with Crippen LogP contribution < -0.4 is 0 Å². The van der Waals surface area contributed by atoms with Crippen LogP contribution in [0.5, 0.6) is 0 Å². The molecule has 0 spiro atoms. The van der Waals surface area contributed by atoms with Gasteiger partial charge < -0.3 is 0 Å². The second kappa shape index (κ2) is 4.45. The van der Waals surface area contributed by atoms with Crippen LogP contribution >= 0.6 is 11.6 Å². The van der Waals surface area contributed by atoms with E-state index in [4.69, 9.17) is 11.6 Å². The number of para-hydroxylation sites is 1. The van der Waals surface area contributed by atoms with Crippen molar-refractivity contribution in [3.8, 4) is 5.82 Å². The van der Waals surface area contributed by atoms with Crippen molar-refractivity contribution in [3.63, 3.8) is 0 Å². The maximum atomic E-state index is 13.0. The molecule has 2 aromatic heterocycles. The standard InChI is InChI=1S/C12H6ClF3N4/c13-11-17-6-5-9(18-11)20-8-4-2-1-3-7(8)10(19-20)12(14,15)16/h1-6H. The lowest BCUT2D eigenvalue weighted by Crippen LogP contribution is -2.08. The van der Waals surface area contributed by atoms with E-state index in [0.717, 1.165) is 4.68 Å². The summed E-state index contributed by atoms with van der Waals surface area (Å²) in [4.78, 5) is 7.57. The fourth-order valence-electron chi connectivity index (χ4n) is 1.89. The third-order valence-corrected chi connectivity index (χ3v) is 2.87. The van der Waals surface area contributed by atoms with Crippen molar-refractivity contribution < 1.29 is 13.2 Å². The van der Waals surface area contributed by atoms with Gasteiger partial charge in [-0.15, -0.1) is 0 Å². The molecule has 8 heteroatoms. The summed E-state index contributed by atoms with van der Waals surface area (Å²) in [6, 6.07) is 7.49. The molecule has 102 valence electrons. The molecular weight excluding hydrogens is 293 g/mol. The van der Waals surface area contributed by atoms with Gasteiger partial charge in [0.1, 0.15) is 0 Å². The van der Waals surface area contributed by atoms with Crippen LogP contribution in [-0.4, -0.2) is 19.7 Å². The second-order valence-corrected chi connectivity index (χ2v) is 4.30. The number of aromatic nitrogens is 4. The molecule has 20 heavy (non-hydrogen) atoms. The Kier molecular flexibility index (Phi) is 2.86. The molecule has 0 N–H and O–H groups in total. The highest BCUT2D eigenvalue weighted by Crippen LogP contribution is 2.34. The lowest BCUT2D eigenvalue weighted by atomic mass is 10.2. The van der Waals surface area contributed by atoms with Gasteiger partial charge in [-0.3, -0.25) is 0 Å². The van der Waals surface area contributed by atoms with Crippen molar-refractivity contribution >= 4 is 22.5 Å². The van der Waals surface area contributed by atoms with Crippen LogP contribution in [0.1, 0.15) is 5.69 Å². The van der Waals surface area contributed by atoms with E-state index in [1.54, 1.807) is 6.07 Å². The van der Waals surface area contributed by atoms with Gasteiger partial charge in [-0.2, -0.15) is 23.3 Å². The van der Waals surface area contributed by atoms with Crippen LogP contribution in [0.3, 0.4) is 0 Å².